The molecule has 0 aliphatic carbocycles. The largest absolute Gasteiger partial charge is 0.495 e. The molecule has 2 aromatic carbocycles. The van der Waals surface area contributed by atoms with Crippen LogP contribution >= 0.6 is 35.4 Å². The summed E-state index contributed by atoms with van der Waals surface area (Å²) in [7, 11) is 1.63. The smallest absolute Gasteiger partial charge is 0.175 e. The summed E-state index contributed by atoms with van der Waals surface area (Å²) in [5, 5.41) is 12.6. The maximum atomic E-state index is 6.13. The molecule has 152 valence electrons. The molecule has 0 radical (unpaired) electrons. The minimum Gasteiger partial charge on any atom is -0.495 e. The van der Waals surface area contributed by atoms with E-state index in [1.807, 2.05) is 55.8 Å². The number of ether oxygens (including phenoxy) is 1. The summed E-state index contributed by atoms with van der Waals surface area (Å²) in [5.74, 6) is 0.725. The summed E-state index contributed by atoms with van der Waals surface area (Å²) in [4.78, 5) is 0. The SMILES string of the molecule is COc1ccc(C)cc1NC(=S)Nc1c(C)nn(Cc2ccc(Cl)c(Cl)c2)c1C. The van der Waals surface area contributed by atoms with Crippen molar-refractivity contribution in [2.75, 3.05) is 17.7 Å². The van der Waals surface area contributed by atoms with Gasteiger partial charge in [-0.05, 0) is 68.4 Å². The van der Waals surface area contributed by atoms with E-state index in [4.69, 9.17) is 40.2 Å². The zero-order chi connectivity index (χ0) is 21.1. The van der Waals surface area contributed by atoms with Gasteiger partial charge in [-0.25, -0.2) is 0 Å². The molecule has 0 fully saturated rings. The minimum absolute atomic E-state index is 0.467. The average Bonchev–Trinajstić information content (AvgIpc) is 2.92. The second kappa shape index (κ2) is 9.03. The Hall–Kier alpha value is -2.28. The molecule has 0 saturated heterocycles. The molecule has 0 bridgehead atoms. The molecule has 1 aromatic heterocycles. The summed E-state index contributed by atoms with van der Waals surface area (Å²) >= 11 is 17.6. The van der Waals surface area contributed by atoms with Crippen molar-refractivity contribution in [2.45, 2.75) is 27.3 Å². The molecule has 3 rings (SSSR count). The predicted molar refractivity (Wildman–Crippen MR) is 125 cm³/mol. The van der Waals surface area contributed by atoms with Crippen molar-refractivity contribution in [1.29, 1.82) is 0 Å². The minimum atomic E-state index is 0.467. The van der Waals surface area contributed by atoms with E-state index >= 15 is 0 Å². The van der Waals surface area contributed by atoms with Gasteiger partial charge in [0, 0.05) is 0 Å². The third-order valence-corrected chi connectivity index (χ3v) is 5.48. The van der Waals surface area contributed by atoms with Crippen LogP contribution in [0.15, 0.2) is 36.4 Å². The lowest BCUT2D eigenvalue weighted by molar-refractivity contribution is 0.417. The highest BCUT2D eigenvalue weighted by Crippen LogP contribution is 2.27. The first-order chi connectivity index (χ1) is 13.8. The molecule has 5 nitrogen and oxygen atoms in total. The average molecular weight is 449 g/mol. The summed E-state index contributed by atoms with van der Waals surface area (Å²) in [6, 6.07) is 11.5. The van der Waals surface area contributed by atoms with E-state index < -0.39 is 0 Å². The second-order valence-corrected chi connectivity index (χ2v) is 7.96. The second-order valence-electron chi connectivity index (χ2n) is 6.73. The molecular formula is C21H22Cl2N4OS. The zero-order valence-corrected chi connectivity index (χ0v) is 19.0. The van der Waals surface area contributed by atoms with E-state index in [-0.39, 0.29) is 0 Å². The van der Waals surface area contributed by atoms with Crippen LogP contribution in [0, 0.1) is 20.8 Å². The number of halogens is 2. The van der Waals surface area contributed by atoms with Gasteiger partial charge in [-0.1, -0.05) is 35.3 Å². The highest BCUT2D eigenvalue weighted by atomic mass is 35.5. The van der Waals surface area contributed by atoms with Crippen molar-refractivity contribution in [1.82, 2.24) is 9.78 Å². The number of nitrogens with one attached hydrogen (secondary N) is 2. The number of rotatable bonds is 5. The Balaban J connectivity index is 1.77. The molecule has 0 atom stereocenters. The summed E-state index contributed by atoms with van der Waals surface area (Å²) in [5.41, 5.74) is 5.62. The van der Waals surface area contributed by atoms with Crippen LogP contribution in [0.3, 0.4) is 0 Å². The number of thiocarbonyl (C=S) groups is 1. The standard InChI is InChI=1S/C21H22Cl2N4OS/c1-12-5-8-19(28-4)18(9-12)24-21(29)25-20-13(2)26-27(14(20)3)11-15-6-7-16(22)17(23)10-15/h5-10H,11H2,1-4H3,(H2,24,25,29). The first-order valence-corrected chi connectivity index (χ1v) is 10.2. The van der Waals surface area contributed by atoms with Crippen LogP contribution in [-0.4, -0.2) is 22.0 Å². The normalized spacial score (nSPS) is 10.7. The molecule has 3 aromatic rings. The molecule has 0 unspecified atom stereocenters. The van der Waals surface area contributed by atoms with Crippen molar-refractivity contribution >= 4 is 51.9 Å². The molecule has 0 saturated carbocycles. The Morgan fingerprint density at radius 1 is 1.07 bits per heavy atom. The first-order valence-electron chi connectivity index (χ1n) is 8.99. The van der Waals surface area contributed by atoms with E-state index in [1.165, 1.54) is 0 Å². The van der Waals surface area contributed by atoms with E-state index in [2.05, 4.69) is 15.7 Å². The molecular weight excluding hydrogens is 427 g/mol. The van der Waals surface area contributed by atoms with Crippen LogP contribution in [0.1, 0.15) is 22.5 Å². The van der Waals surface area contributed by atoms with Gasteiger partial charge in [0.05, 0.1) is 46.5 Å². The van der Waals surface area contributed by atoms with Crippen LogP contribution < -0.4 is 15.4 Å². The van der Waals surface area contributed by atoms with E-state index in [0.717, 1.165) is 39.6 Å². The third-order valence-electron chi connectivity index (χ3n) is 4.54. The van der Waals surface area contributed by atoms with Gasteiger partial charge in [-0.3, -0.25) is 4.68 Å². The maximum absolute atomic E-state index is 6.13. The molecule has 0 aliphatic heterocycles. The Morgan fingerprint density at radius 3 is 2.52 bits per heavy atom. The molecule has 1 heterocycles. The number of nitrogens with zero attached hydrogens (tertiary/aromatic N) is 2. The van der Waals surface area contributed by atoms with Crippen molar-refractivity contribution < 1.29 is 4.74 Å². The topological polar surface area (TPSA) is 51.1 Å². The summed E-state index contributed by atoms with van der Waals surface area (Å²) in [6.07, 6.45) is 0. The lowest BCUT2D eigenvalue weighted by atomic mass is 10.2. The number of benzene rings is 2. The third kappa shape index (κ3) is 5.01. The summed E-state index contributed by atoms with van der Waals surface area (Å²) < 4.78 is 7.31. The van der Waals surface area contributed by atoms with Crippen molar-refractivity contribution in [3.8, 4) is 5.75 Å². The van der Waals surface area contributed by atoms with Gasteiger partial charge in [0.1, 0.15) is 5.75 Å². The van der Waals surface area contributed by atoms with E-state index in [9.17, 15) is 0 Å². The molecule has 0 aliphatic rings. The Morgan fingerprint density at radius 2 is 1.83 bits per heavy atom. The lowest BCUT2D eigenvalue weighted by Gasteiger charge is -2.14. The lowest BCUT2D eigenvalue weighted by Crippen LogP contribution is -2.20. The van der Waals surface area contributed by atoms with Crippen LogP contribution in [-0.2, 0) is 6.54 Å². The van der Waals surface area contributed by atoms with Crippen LogP contribution in [0.4, 0.5) is 11.4 Å². The van der Waals surface area contributed by atoms with Crippen LogP contribution in [0.2, 0.25) is 10.0 Å². The highest BCUT2D eigenvalue weighted by Gasteiger charge is 2.14. The van der Waals surface area contributed by atoms with Crippen molar-refractivity contribution in [2.24, 2.45) is 0 Å². The van der Waals surface area contributed by atoms with Gasteiger partial charge >= 0.3 is 0 Å². The van der Waals surface area contributed by atoms with Gasteiger partial charge in [0.2, 0.25) is 0 Å². The van der Waals surface area contributed by atoms with Gasteiger partial charge in [0.25, 0.3) is 0 Å². The molecule has 0 spiro atoms. The fourth-order valence-corrected chi connectivity index (χ4v) is 3.56. The van der Waals surface area contributed by atoms with Crippen molar-refractivity contribution in [3.63, 3.8) is 0 Å². The van der Waals surface area contributed by atoms with Crippen LogP contribution in [0.25, 0.3) is 0 Å². The van der Waals surface area contributed by atoms with Gasteiger partial charge in [0.15, 0.2) is 5.11 Å². The monoisotopic (exact) mass is 448 g/mol. The maximum Gasteiger partial charge on any atom is 0.175 e. The molecule has 0 amide bonds. The van der Waals surface area contributed by atoms with E-state index in [0.29, 0.717) is 21.7 Å². The fourth-order valence-electron chi connectivity index (χ4n) is 3.03. The number of anilines is 2. The number of aromatic nitrogens is 2. The Kier molecular flexibility index (Phi) is 6.67. The fraction of sp³-hybridized carbons (Fsp3) is 0.238. The van der Waals surface area contributed by atoms with Gasteiger partial charge < -0.3 is 15.4 Å². The number of aryl methyl sites for hydroxylation is 2. The Labute approximate surface area is 186 Å². The predicted octanol–water partition coefficient (Wildman–Crippen LogP) is 5.98. The summed E-state index contributed by atoms with van der Waals surface area (Å²) in [6.45, 7) is 6.53. The van der Waals surface area contributed by atoms with Gasteiger partial charge in [-0.15, -0.1) is 0 Å². The van der Waals surface area contributed by atoms with Crippen LogP contribution in [0.5, 0.6) is 5.75 Å². The number of hydrogen-bond donors (Lipinski definition) is 2. The molecule has 29 heavy (non-hydrogen) atoms. The first kappa shape index (κ1) is 21.4. The molecule has 2 N–H and O–H groups in total. The number of methoxy groups -OCH3 is 1. The quantitative estimate of drug-likeness (QED) is 0.470. The highest BCUT2D eigenvalue weighted by molar-refractivity contribution is 7.80. The number of hydrogen-bond acceptors (Lipinski definition) is 3. The molecule has 8 heteroatoms. The van der Waals surface area contributed by atoms with Crippen molar-refractivity contribution in [3.05, 3.63) is 69.0 Å². The van der Waals surface area contributed by atoms with Gasteiger partial charge in [-0.2, -0.15) is 5.10 Å². The zero-order valence-electron chi connectivity index (χ0n) is 16.6. The van der Waals surface area contributed by atoms with E-state index in [1.54, 1.807) is 13.2 Å². The Bertz CT molecular complexity index is 1070.